The Kier molecular flexibility index (Phi) is 5.06. The molecule has 0 aliphatic carbocycles. The van der Waals surface area contributed by atoms with Gasteiger partial charge in [0.05, 0.1) is 11.0 Å². The van der Waals surface area contributed by atoms with Crippen LogP contribution in [0.25, 0.3) is 17.1 Å². The lowest BCUT2D eigenvalue weighted by Crippen LogP contribution is -2.20. The van der Waals surface area contributed by atoms with E-state index >= 15 is 0 Å². The van der Waals surface area contributed by atoms with Gasteiger partial charge in [0.2, 0.25) is 0 Å². The highest BCUT2D eigenvalue weighted by Crippen LogP contribution is 2.16. The van der Waals surface area contributed by atoms with E-state index in [0.717, 1.165) is 36.4 Å². The van der Waals surface area contributed by atoms with Crippen LogP contribution in [0.1, 0.15) is 18.3 Å². The Morgan fingerprint density at radius 1 is 1.21 bits per heavy atom. The molecule has 0 radical (unpaired) electrons. The quantitative estimate of drug-likeness (QED) is 0.696. The monoisotopic (exact) mass is 323 g/mol. The fourth-order valence-corrected chi connectivity index (χ4v) is 2.81. The molecule has 0 aliphatic rings. The molecule has 0 bridgehead atoms. The maximum Gasteiger partial charge on any atom is 0.125 e. The Morgan fingerprint density at radius 2 is 2.00 bits per heavy atom. The van der Waals surface area contributed by atoms with Crippen LogP contribution < -0.4 is 5.32 Å². The number of nitrogens with one attached hydrogen (secondary N) is 1. The third-order valence-corrected chi connectivity index (χ3v) is 4.08. The minimum Gasteiger partial charge on any atom is -0.331 e. The van der Waals surface area contributed by atoms with Gasteiger partial charge in [0, 0.05) is 26.6 Å². The first-order chi connectivity index (χ1) is 11.6. The molecule has 0 aliphatic heterocycles. The molecule has 3 nitrogen and oxygen atoms in total. The van der Waals surface area contributed by atoms with Gasteiger partial charge in [0.1, 0.15) is 11.6 Å². The van der Waals surface area contributed by atoms with E-state index in [0.29, 0.717) is 0 Å². The van der Waals surface area contributed by atoms with E-state index in [-0.39, 0.29) is 5.82 Å². The van der Waals surface area contributed by atoms with Gasteiger partial charge < -0.3 is 9.88 Å². The van der Waals surface area contributed by atoms with Crippen LogP contribution in [0.4, 0.5) is 4.39 Å². The third-order valence-electron chi connectivity index (χ3n) is 4.08. The third kappa shape index (κ3) is 3.89. The number of benzene rings is 2. The van der Waals surface area contributed by atoms with E-state index in [2.05, 4.69) is 35.4 Å². The van der Waals surface area contributed by atoms with Crippen LogP contribution in [0.15, 0.2) is 54.1 Å². The Hall–Kier alpha value is -2.46. The van der Waals surface area contributed by atoms with Crippen molar-refractivity contribution in [3.63, 3.8) is 0 Å². The lowest BCUT2D eigenvalue weighted by Gasteiger charge is -2.06. The highest BCUT2D eigenvalue weighted by molar-refractivity contribution is 5.75. The van der Waals surface area contributed by atoms with E-state index < -0.39 is 0 Å². The number of aromatic nitrogens is 2. The summed E-state index contributed by atoms with van der Waals surface area (Å²) in [5, 5.41) is 3.44. The minimum atomic E-state index is -0.225. The van der Waals surface area contributed by atoms with E-state index in [4.69, 9.17) is 0 Å². The zero-order chi connectivity index (χ0) is 16.9. The number of aryl methyl sites for hydroxylation is 1. The molecule has 1 heterocycles. The first-order valence-corrected chi connectivity index (χ1v) is 8.17. The lowest BCUT2D eigenvalue weighted by molar-refractivity contribution is 0.628. The van der Waals surface area contributed by atoms with Gasteiger partial charge in [-0.2, -0.15) is 0 Å². The van der Waals surface area contributed by atoms with Crippen LogP contribution in [-0.2, 0) is 13.5 Å². The fraction of sp³-hybridized carbons (Fsp3) is 0.250. The van der Waals surface area contributed by atoms with Gasteiger partial charge in [-0.05, 0) is 30.7 Å². The predicted octanol–water partition coefficient (Wildman–Crippen LogP) is 3.95. The molecule has 0 atom stereocenters. The highest BCUT2D eigenvalue weighted by atomic mass is 19.1. The van der Waals surface area contributed by atoms with Crippen LogP contribution in [-0.4, -0.2) is 22.6 Å². The zero-order valence-electron chi connectivity index (χ0n) is 14.1. The molecule has 1 N–H and O–H groups in total. The Balaban J connectivity index is 1.55. The summed E-state index contributed by atoms with van der Waals surface area (Å²) >= 11 is 0. The van der Waals surface area contributed by atoms with E-state index in [1.165, 1.54) is 23.3 Å². The van der Waals surface area contributed by atoms with E-state index in [9.17, 15) is 4.39 Å². The van der Waals surface area contributed by atoms with Gasteiger partial charge in [0.15, 0.2) is 0 Å². The maximum atomic E-state index is 13.3. The van der Waals surface area contributed by atoms with Crippen LogP contribution in [0.3, 0.4) is 0 Å². The standard InChI is InChI=1S/C20H22FN3/c1-15(12-16-6-4-3-5-7-16)14-22-11-10-20-23-18-9-8-17(21)13-19(18)24(20)2/h3-9,12-13,22H,10-11,14H2,1-2H3/b15-12+. The first kappa shape index (κ1) is 16.4. The normalized spacial score (nSPS) is 12.0. The van der Waals surface area contributed by atoms with E-state index in [1.54, 1.807) is 6.07 Å². The molecule has 0 saturated heterocycles. The van der Waals surface area contributed by atoms with Crippen molar-refractivity contribution in [2.45, 2.75) is 13.3 Å². The van der Waals surface area contributed by atoms with Crippen molar-refractivity contribution in [2.75, 3.05) is 13.1 Å². The summed E-state index contributed by atoms with van der Waals surface area (Å²) in [4.78, 5) is 4.58. The Labute approximate surface area is 141 Å². The molecule has 4 heteroatoms. The van der Waals surface area contributed by atoms with Crippen molar-refractivity contribution < 1.29 is 4.39 Å². The minimum absolute atomic E-state index is 0.225. The Morgan fingerprint density at radius 3 is 2.79 bits per heavy atom. The summed E-state index contributed by atoms with van der Waals surface area (Å²) in [6, 6.07) is 15.0. The number of hydrogen-bond acceptors (Lipinski definition) is 2. The van der Waals surface area contributed by atoms with Crippen molar-refractivity contribution in [2.24, 2.45) is 7.05 Å². The number of nitrogens with zero attached hydrogens (tertiary/aromatic N) is 2. The second-order valence-electron chi connectivity index (χ2n) is 6.05. The maximum absolute atomic E-state index is 13.3. The molecule has 3 aromatic rings. The van der Waals surface area contributed by atoms with Crippen molar-refractivity contribution in [3.8, 4) is 0 Å². The number of rotatable bonds is 6. The summed E-state index contributed by atoms with van der Waals surface area (Å²) in [6.45, 7) is 3.80. The van der Waals surface area contributed by atoms with Crippen LogP contribution in [0, 0.1) is 5.82 Å². The van der Waals surface area contributed by atoms with E-state index in [1.807, 2.05) is 29.8 Å². The number of halogens is 1. The smallest absolute Gasteiger partial charge is 0.125 e. The van der Waals surface area contributed by atoms with Gasteiger partial charge in [-0.3, -0.25) is 0 Å². The summed E-state index contributed by atoms with van der Waals surface area (Å²) < 4.78 is 15.3. The van der Waals surface area contributed by atoms with Crippen molar-refractivity contribution in [1.82, 2.24) is 14.9 Å². The number of hydrogen-bond donors (Lipinski definition) is 1. The highest BCUT2D eigenvalue weighted by Gasteiger charge is 2.08. The SMILES string of the molecule is C/C(=C\c1ccccc1)CNCCc1nc2ccc(F)cc2n1C. The second-order valence-corrected chi connectivity index (χ2v) is 6.05. The van der Waals surface area contributed by atoms with Gasteiger partial charge >= 0.3 is 0 Å². The van der Waals surface area contributed by atoms with Crippen molar-refractivity contribution in [1.29, 1.82) is 0 Å². The first-order valence-electron chi connectivity index (χ1n) is 8.17. The molecule has 24 heavy (non-hydrogen) atoms. The zero-order valence-corrected chi connectivity index (χ0v) is 14.1. The molecular formula is C20H22FN3. The van der Waals surface area contributed by atoms with Gasteiger partial charge in [-0.1, -0.05) is 42.0 Å². The summed E-state index contributed by atoms with van der Waals surface area (Å²) in [7, 11) is 1.94. The summed E-state index contributed by atoms with van der Waals surface area (Å²) in [5.41, 5.74) is 4.18. The molecular weight excluding hydrogens is 301 g/mol. The predicted molar refractivity (Wildman–Crippen MR) is 97.3 cm³/mol. The van der Waals surface area contributed by atoms with Gasteiger partial charge in [-0.25, -0.2) is 9.37 Å². The molecule has 2 aromatic carbocycles. The topological polar surface area (TPSA) is 29.9 Å². The molecule has 124 valence electrons. The van der Waals surface area contributed by atoms with Gasteiger partial charge in [0.25, 0.3) is 0 Å². The molecule has 0 unspecified atom stereocenters. The number of imidazole rings is 1. The number of fused-ring (bicyclic) bond motifs is 1. The van der Waals surface area contributed by atoms with Crippen molar-refractivity contribution >= 4 is 17.1 Å². The molecule has 0 amide bonds. The van der Waals surface area contributed by atoms with Crippen LogP contribution in [0.5, 0.6) is 0 Å². The van der Waals surface area contributed by atoms with Crippen LogP contribution >= 0.6 is 0 Å². The molecule has 0 saturated carbocycles. The molecule has 0 fully saturated rings. The summed E-state index contributed by atoms with van der Waals surface area (Å²) in [5.74, 6) is 0.740. The Bertz CT molecular complexity index is 850. The summed E-state index contributed by atoms with van der Waals surface area (Å²) in [6.07, 6.45) is 3.00. The van der Waals surface area contributed by atoms with Gasteiger partial charge in [-0.15, -0.1) is 0 Å². The average molecular weight is 323 g/mol. The molecule has 1 aromatic heterocycles. The second kappa shape index (κ2) is 7.41. The molecule has 3 rings (SSSR count). The lowest BCUT2D eigenvalue weighted by atomic mass is 10.1. The molecule has 0 spiro atoms. The van der Waals surface area contributed by atoms with Crippen molar-refractivity contribution in [3.05, 3.63) is 71.3 Å². The largest absolute Gasteiger partial charge is 0.331 e. The van der Waals surface area contributed by atoms with Crippen LogP contribution in [0.2, 0.25) is 0 Å². The average Bonchev–Trinajstić information content (AvgIpc) is 2.88. The fourth-order valence-electron chi connectivity index (χ4n) is 2.81.